The molecule has 16 aromatic rings. The summed E-state index contributed by atoms with van der Waals surface area (Å²) in [4.78, 5) is 3.62. The largest absolute Gasteiger partial charge is 0.262 e. The van der Waals surface area contributed by atoms with Crippen LogP contribution in [-0.4, -0.2) is 0 Å². The fraction of sp³-hybridized carbons (Fsp3) is 0.227. The molecule has 0 fully saturated rings. The number of hydrogen-bond acceptors (Lipinski definition) is 5. The Labute approximate surface area is 664 Å². The van der Waals surface area contributed by atoms with Gasteiger partial charge in [0.1, 0.15) is 0 Å². The Balaban J connectivity index is 0.000000131. The Morgan fingerprint density at radius 1 is 0.310 bits per heavy atom. The van der Waals surface area contributed by atoms with Crippen molar-refractivity contribution < 1.29 is 69.1 Å². The second kappa shape index (κ2) is 34.0. The van der Waals surface area contributed by atoms with Gasteiger partial charge in [-0.1, -0.05) is 75.4 Å². The van der Waals surface area contributed by atoms with Gasteiger partial charge in [0, 0.05) is 158 Å². The van der Waals surface area contributed by atoms with Crippen molar-refractivity contribution in [2.75, 3.05) is 0 Å². The van der Waals surface area contributed by atoms with Crippen LogP contribution in [0.5, 0.6) is 0 Å². The third-order valence-electron chi connectivity index (χ3n) is 21.3. The minimum Gasteiger partial charge on any atom is -0.244 e. The Morgan fingerprint density at radius 3 is 1.06 bits per heavy atom. The van der Waals surface area contributed by atoms with Gasteiger partial charge in [-0.25, -0.2) is 27.5 Å². The molecule has 6 aromatic carbocycles. The highest BCUT2D eigenvalue weighted by Gasteiger charge is 2.32. The Hall–Kier alpha value is -13.1. The maximum atomic E-state index is 7.39. The van der Waals surface area contributed by atoms with E-state index in [1.165, 1.54) is 123 Å². The van der Waals surface area contributed by atoms with Crippen molar-refractivity contribution in [3.63, 3.8) is 0 Å². The number of hydrogen-bond donors (Lipinski definition) is 0. The Morgan fingerprint density at radius 2 is 0.664 bits per heavy atom. The molecule has 0 aliphatic rings. The van der Waals surface area contributed by atoms with Gasteiger partial charge in [-0.3, -0.25) is 0 Å². The van der Waals surface area contributed by atoms with Crippen LogP contribution in [-0.2, 0) is 40.7 Å². The molecular formula is C97H105N11O5+10. The monoisotopic (exact) mass is 1500 g/mol. The van der Waals surface area contributed by atoms with Crippen molar-refractivity contribution >= 4 is 16.5 Å². The number of nitrogens with zero attached hydrogens (tertiary/aromatic N) is 11. The van der Waals surface area contributed by atoms with Crippen LogP contribution in [0, 0.1) is 96.6 Å². The number of aromatic nitrogens is 10. The van der Waals surface area contributed by atoms with E-state index in [0.717, 1.165) is 51.0 Å². The second-order valence-electron chi connectivity index (χ2n) is 30.1. The zero-order valence-electron chi connectivity index (χ0n) is 69.2. The SMILES string of the molecule is Cc1c(-[n+]2ccccc2C)cc2ccccc2c1-c1cco[n+]1C.Cc1c(-c2cco[n+]2C)cc(C(C)(C)C)cc1-[n+]1ccccc1C.Cc1cc(-c2cco[n+]2C)c(C)c(-[n+]2ccccc2C)c1.Cc1cc(C)c(-[n+]2ccccc2C)c(C)c1-c1cco[n+]1C.[C-]#[N+]c1cc(-c2cco[n+]2C)c(C)c(-[n+]2ccccc2C)c1. The molecule has 568 valence electrons. The van der Waals surface area contributed by atoms with Gasteiger partial charge in [0.05, 0.1) is 59.2 Å². The summed E-state index contributed by atoms with van der Waals surface area (Å²) in [5.74, 6) is 0. The molecule has 0 saturated carbocycles. The van der Waals surface area contributed by atoms with E-state index < -0.39 is 0 Å². The van der Waals surface area contributed by atoms with Crippen LogP contribution >= 0.6 is 0 Å². The van der Waals surface area contributed by atoms with E-state index in [1.807, 2.05) is 110 Å². The van der Waals surface area contributed by atoms with Gasteiger partial charge >= 0.3 is 0 Å². The van der Waals surface area contributed by atoms with Crippen LogP contribution in [0.3, 0.4) is 0 Å². The van der Waals surface area contributed by atoms with Crippen LogP contribution in [0.1, 0.15) is 99.3 Å². The normalized spacial score (nSPS) is 11.0. The lowest BCUT2D eigenvalue weighted by atomic mass is 9.84. The summed E-state index contributed by atoms with van der Waals surface area (Å²) in [5.41, 5.74) is 35.0. The van der Waals surface area contributed by atoms with E-state index in [2.05, 4.69) is 303 Å². The number of aryl methyl sites for hydroxylation is 13. The highest BCUT2D eigenvalue weighted by molar-refractivity contribution is 5.98. The third-order valence-corrected chi connectivity index (χ3v) is 21.3. The standard InChI is InChI=1S/C21H20N2O.C21H26N2O.C19H22N2O.C18H17N3O.C18H20N2O/c1-15-8-6-7-12-23(15)20-14-17-9-4-5-10-18(17)21(16(20)2)19-11-13-24-22(19)3;1-15-9-7-8-11-23(15)20-14-17(21(3,4)5)13-18(16(20)2)19-10-12-24-22(19)6;1-13-12-14(2)19(21-10-7-6-8-15(21)3)16(4)18(13)17-9-11-22-20(17)5;1-13-7-5-6-9-21(13)18-12-15(19-3)11-16(14(18)2)17-8-10-22-20(17)4;1-13-11-16(17-8-10-21-19(17)4)15(3)18(12-13)20-9-6-5-7-14(20)2/h4-14H,1-3H3;7-14H,1-6H3;6-12H,1-5H3;5-12H,1-2,4H3;5-12H,1-4H3/q5*+2. The Bertz CT molecular complexity index is 6210. The molecule has 0 N–H and O–H groups in total. The van der Waals surface area contributed by atoms with Crippen molar-refractivity contribution in [1.29, 1.82) is 0 Å². The quantitative estimate of drug-likeness (QED) is 0.100. The topological polar surface area (TPSA) is 109 Å². The van der Waals surface area contributed by atoms with Gasteiger partial charge in [0.2, 0.25) is 28.4 Å². The number of pyridine rings is 5. The molecule has 113 heavy (non-hydrogen) atoms. The zero-order valence-corrected chi connectivity index (χ0v) is 69.2. The summed E-state index contributed by atoms with van der Waals surface area (Å²) in [7, 11) is 9.61. The minimum atomic E-state index is 0.0722. The summed E-state index contributed by atoms with van der Waals surface area (Å²) < 4.78 is 47.2. The van der Waals surface area contributed by atoms with E-state index in [0.29, 0.717) is 5.69 Å². The first-order valence-corrected chi connectivity index (χ1v) is 38.2. The van der Waals surface area contributed by atoms with Gasteiger partial charge in [0.15, 0.2) is 132 Å². The molecule has 0 bridgehead atoms. The number of rotatable bonds is 10. The zero-order chi connectivity index (χ0) is 80.7. The number of benzene rings is 6. The molecule has 16 rings (SSSR count). The summed E-state index contributed by atoms with van der Waals surface area (Å²) in [6.45, 7) is 42.0. The van der Waals surface area contributed by atoms with Crippen LogP contribution in [0.2, 0.25) is 0 Å². The van der Waals surface area contributed by atoms with E-state index >= 15 is 0 Å². The lowest BCUT2D eigenvalue weighted by molar-refractivity contribution is -0.836. The van der Waals surface area contributed by atoms with Gasteiger partial charge < -0.3 is 0 Å². The minimum absolute atomic E-state index is 0.0722. The molecule has 0 aliphatic carbocycles. The summed E-state index contributed by atoms with van der Waals surface area (Å²) >= 11 is 0. The summed E-state index contributed by atoms with van der Waals surface area (Å²) in [5, 5.41) is 2.47. The first-order chi connectivity index (χ1) is 54.1. The van der Waals surface area contributed by atoms with Gasteiger partial charge in [0.25, 0.3) is 28.5 Å². The lowest BCUT2D eigenvalue weighted by Gasteiger charge is -2.20. The van der Waals surface area contributed by atoms with E-state index in [1.54, 1.807) is 40.8 Å². The third kappa shape index (κ3) is 16.8. The predicted molar refractivity (Wildman–Crippen MR) is 438 cm³/mol. The van der Waals surface area contributed by atoms with E-state index in [-0.39, 0.29) is 5.41 Å². The van der Waals surface area contributed by atoms with Crippen molar-refractivity contribution in [3.05, 3.63) is 346 Å². The highest BCUT2D eigenvalue weighted by Crippen LogP contribution is 2.37. The molecule has 0 unspecified atom stereocenters. The molecule has 16 heteroatoms. The predicted octanol–water partition coefficient (Wildman–Crippen LogP) is 17.2. The van der Waals surface area contributed by atoms with E-state index in [4.69, 9.17) is 29.2 Å². The molecule has 0 atom stereocenters. The van der Waals surface area contributed by atoms with Crippen LogP contribution in [0.15, 0.2) is 279 Å². The van der Waals surface area contributed by atoms with Gasteiger partial charge in [-0.15, -0.1) is 0 Å². The molecule has 0 spiro atoms. The molecular weight excluding hydrogens is 1400 g/mol. The van der Waals surface area contributed by atoms with Crippen LogP contribution < -0.4 is 46.5 Å². The maximum absolute atomic E-state index is 7.39. The first kappa shape index (κ1) is 79.4. The Kier molecular flexibility index (Phi) is 23.9. The molecule has 0 saturated heterocycles. The maximum Gasteiger partial charge on any atom is 0.262 e. The fourth-order valence-corrected chi connectivity index (χ4v) is 15.2. The average Bonchev–Trinajstić information content (AvgIpc) is 0.969. The van der Waals surface area contributed by atoms with Crippen molar-refractivity contribution in [2.24, 2.45) is 35.2 Å². The lowest BCUT2D eigenvalue weighted by Crippen LogP contribution is -2.36. The number of fused-ring (bicyclic) bond motifs is 1. The summed E-state index contributed by atoms with van der Waals surface area (Å²) in [6.07, 6.45) is 19.1. The van der Waals surface area contributed by atoms with E-state index in [9.17, 15) is 0 Å². The molecule has 10 heterocycles. The molecule has 0 aliphatic heterocycles. The van der Waals surface area contributed by atoms with Crippen molar-refractivity contribution in [2.45, 2.75) is 116 Å². The molecule has 0 radical (unpaired) electrons. The van der Waals surface area contributed by atoms with Crippen LogP contribution in [0.4, 0.5) is 5.69 Å². The smallest absolute Gasteiger partial charge is 0.244 e. The molecule has 16 nitrogen and oxygen atoms in total. The molecule has 10 aromatic heterocycles. The van der Waals surface area contributed by atoms with Crippen LogP contribution in [0.25, 0.3) is 100 Å². The first-order valence-electron chi connectivity index (χ1n) is 38.2. The van der Waals surface area contributed by atoms with Crippen molar-refractivity contribution in [3.8, 4) is 84.7 Å². The van der Waals surface area contributed by atoms with Gasteiger partial charge in [-0.05, 0) is 136 Å². The second-order valence-corrected chi connectivity index (χ2v) is 30.1. The average molecular weight is 1500 g/mol. The summed E-state index contributed by atoms with van der Waals surface area (Å²) in [6, 6.07) is 67.1. The molecule has 0 amide bonds. The van der Waals surface area contributed by atoms with Crippen molar-refractivity contribution in [1.82, 2.24) is 0 Å². The van der Waals surface area contributed by atoms with Gasteiger partial charge in [-0.2, -0.15) is 22.8 Å². The highest BCUT2D eigenvalue weighted by atomic mass is 16.5. The fourth-order valence-electron chi connectivity index (χ4n) is 15.2.